The largest absolute Gasteiger partial charge is 0.457 e. The Kier molecular flexibility index (Phi) is 6.19. The predicted octanol–water partition coefficient (Wildman–Crippen LogP) is 2.61. The molecule has 2 aromatic carbocycles. The number of carbonyl (C=O) groups is 2. The number of fused-ring (bicyclic) bond motifs is 1. The Hall–Kier alpha value is -3.49. The Morgan fingerprint density at radius 3 is 2.27 bits per heavy atom. The lowest BCUT2D eigenvalue weighted by Gasteiger charge is -2.19. The highest BCUT2D eigenvalue weighted by molar-refractivity contribution is 5.95. The lowest BCUT2D eigenvalue weighted by molar-refractivity contribution is -0.119. The van der Waals surface area contributed by atoms with Crippen LogP contribution in [0.1, 0.15) is 23.2 Å². The molecule has 2 N–H and O–H groups in total. The van der Waals surface area contributed by atoms with E-state index >= 15 is 0 Å². The van der Waals surface area contributed by atoms with Gasteiger partial charge in [0.05, 0.1) is 25.3 Å². The molecular formula is C25H25N3O5. The molecular weight excluding hydrogens is 422 g/mol. The molecule has 3 aliphatic rings. The van der Waals surface area contributed by atoms with Crippen LogP contribution < -0.4 is 15.4 Å². The van der Waals surface area contributed by atoms with Gasteiger partial charge in [0.2, 0.25) is 5.91 Å². The van der Waals surface area contributed by atoms with Crippen molar-refractivity contribution in [3.05, 3.63) is 71.9 Å². The van der Waals surface area contributed by atoms with Gasteiger partial charge in [0, 0.05) is 23.6 Å². The standard InChI is InChI=1S/C25H25N3O5/c29-24(16-6-4-10-19(12-16)33-18-8-2-1-3-9-18)27-20-14-31-23-21(15-32-22(20)23)28-25(30)17-7-5-11-26-13-17/h1-4,6,8-13,20-23H,5,7,14-15H2,(H,27,29)(H,28,30). The maximum Gasteiger partial charge on any atom is 0.251 e. The van der Waals surface area contributed by atoms with E-state index in [-0.39, 0.29) is 36.1 Å². The second-order valence-corrected chi connectivity index (χ2v) is 8.22. The summed E-state index contributed by atoms with van der Waals surface area (Å²) in [6.45, 7) is 0.658. The molecule has 0 saturated carbocycles. The van der Waals surface area contributed by atoms with Crippen molar-refractivity contribution < 1.29 is 23.8 Å². The topological polar surface area (TPSA) is 98.3 Å². The monoisotopic (exact) mass is 447 g/mol. The SMILES string of the molecule is O=C(NC1COC2C(NC(=O)c3cccc(Oc4ccccc4)c3)COC12)C1=CN=CCC1. The molecule has 0 aromatic heterocycles. The van der Waals surface area contributed by atoms with E-state index < -0.39 is 0 Å². The number of carbonyl (C=O) groups excluding carboxylic acids is 2. The third kappa shape index (κ3) is 4.81. The van der Waals surface area contributed by atoms with Crippen molar-refractivity contribution in [1.29, 1.82) is 0 Å². The van der Waals surface area contributed by atoms with E-state index in [4.69, 9.17) is 14.2 Å². The van der Waals surface area contributed by atoms with Gasteiger partial charge in [0.15, 0.2) is 0 Å². The van der Waals surface area contributed by atoms with Crippen LogP contribution in [0.15, 0.2) is 71.4 Å². The zero-order chi connectivity index (χ0) is 22.6. The van der Waals surface area contributed by atoms with Crippen LogP contribution in [-0.2, 0) is 14.3 Å². The zero-order valence-corrected chi connectivity index (χ0v) is 18.0. The molecule has 3 heterocycles. The number of hydrogen-bond acceptors (Lipinski definition) is 6. The van der Waals surface area contributed by atoms with Crippen LogP contribution in [0.5, 0.6) is 11.5 Å². The van der Waals surface area contributed by atoms with E-state index in [2.05, 4.69) is 15.6 Å². The first-order valence-electron chi connectivity index (χ1n) is 11.1. The van der Waals surface area contributed by atoms with Crippen molar-refractivity contribution in [2.24, 2.45) is 4.99 Å². The summed E-state index contributed by atoms with van der Waals surface area (Å²) in [5, 5.41) is 6.00. The lowest BCUT2D eigenvalue weighted by Crippen LogP contribution is -2.47. The lowest BCUT2D eigenvalue weighted by atomic mass is 10.0. The molecule has 0 aliphatic carbocycles. The van der Waals surface area contributed by atoms with Crippen LogP contribution in [0.25, 0.3) is 0 Å². The maximum atomic E-state index is 12.9. The first-order valence-corrected chi connectivity index (χ1v) is 11.1. The number of ether oxygens (including phenoxy) is 3. The molecule has 2 fully saturated rings. The molecule has 4 unspecified atom stereocenters. The smallest absolute Gasteiger partial charge is 0.251 e. The molecule has 8 nitrogen and oxygen atoms in total. The van der Waals surface area contributed by atoms with E-state index in [0.717, 1.165) is 6.42 Å². The number of benzene rings is 2. The molecule has 2 saturated heterocycles. The Morgan fingerprint density at radius 2 is 1.58 bits per heavy atom. The van der Waals surface area contributed by atoms with Crippen molar-refractivity contribution in [3.63, 3.8) is 0 Å². The molecule has 2 amide bonds. The van der Waals surface area contributed by atoms with Gasteiger partial charge in [-0.25, -0.2) is 0 Å². The summed E-state index contributed by atoms with van der Waals surface area (Å²) in [5.74, 6) is 0.900. The van der Waals surface area contributed by atoms with Crippen LogP contribution >= 0.6 is 0 Å². The van der Waals surface area contributed by atoms with E-state index in [1.54, 1.807) is 36.7 Å². The molecule has 4 atom stereocenters. The van der Waals surface area contributed by atoms with Gasteiger partial charge >= 0.3 is 0 Å². The Labute approximate surface area is 191 Å². The van der Waals surface area contributed by atoms with Crippen LogP contribution in [0, 0.1) is 0 Å². The molecule has 8 heteroatoms. The van der Waals surface area contributed by atoms with E-state index in [0.29, 0.717) is 42.3 Å². The molecule has 2 aromatic rings. The van der Waals surface area contributed by atoms with Crippen molar-refractivity contribution in [2.45, 2.75) is 37.1 Å². The summed E-state index contributed by atoms with van der Waals surface area (Å²) in [6.07, 6.45) is 4.20. The summed E-state index contributed by atoms with van der Waals surface area (Å²) in [5.41, 5.74) is 1.14. The van der Waals surface area contributed by atoms with Gasteiger partial charge in [0.25, 0.3) is 5.91 Å². The third-order valence-corrected chi connectivity index (χ3v) is 5.93. The first-order chi connectivity index (χ1) is 16.2. The van der Waals surface area contributed by atoms with Crippen LogP contribution in [-0.4, -0.2) is 55.5 Å². The normalized spacial score (nSPS) is 25.8. The summed E-state index contributed by atoms with van der Waals surface area (Å²) < 4.78 is 17.6. The first kappa shape index (κ1) is 21.4. The number of amides is 2. The Balaban J connectivity index is 1.18. The minimum Gasteiger partial charge on any atom is -0.457 e. The fraction of sp³-hybridized carbons (Fsp3) is 0.320. The Bertz CT molecular complexity index is 1080. The van der Waals surface area contributed by atoms with E-state index in [1.807, 2.05) is 30.3 Å². The minimum atomic E-state index is -0.318. The fourth-order valence-electron chi connectivity index (χ4n) is 4.26. The highest BCUT2D eigenvalue weighted by Crippen LogP contribution is 2.28. The van der Waals surface area contributed by atoms with Gasteiger partial charge < -0.3 is 24.8 Å². The number of hydrogen-bond donors (Lipinski definition) is 2. The van der Waals surface area contributed by atoms with Crippen molar-refractivity contribution in [3.8, 4) is 11.5 Å². The summed E-state index contributed by atoms with van der Waals surface area (Å²) >= 11 is 0. The minimum absolute atomic E-state index is 0.146. The van der Waals surface area contributed by atoms with Gasteiger partial charge in [-0.05, 0) is 43.2 Å². The van der Waals surface area contributed by atoms with Crippen LogP contribution in [0.2, 0.25) is 0 Å². The van der Waals surface area contributed by atoms with E-state index in [9.17, 15) is 9.59 Å². The molecule has 33 heavy (non-hydrogen) atoms. The highest BCUT2D eigenvalue weighted by atomic mass is 16.6. The van der Waals surface area contributed by atoms with Crippen molar-refractivity contribution in [2.75, 3.05) is 13.2 Å². The van der Waals surface area contributed by atoms with E-state index in [1.165, 1.54) is 0 Å². The van der Waals surface area contributed by atoms with Crippen LogP contribution in [0.3, 0.4) is 0 Å². The predicted molar refractivity (Wildman–Crippen MR) is 121 cm³/mol. The average Bonchev–Trinajstić information content (AvgIpc) is 3.44. The van der Waals surface area contributed by atoms with Gasteiger partial charge in [-0.2, -0.15) is 0 Å². The number of aliphatic imine (C=N–C) groups is 1. The van der Waals surface area contributed by atoms with Gasteiger partial charge in [-0.1, -0.05) is 24.3 Å². The van der Waals surface area contributed by atoms with Crippen LogP contribution in [0.4, 0.5) is 0 Å². The third-order valence-electron chi connectivity index (χ3n) is 5.93. The Morgan fingerprint density at radius 1 is 0.879 bits per heavy atom. The molecule has 0 bridgehead atoms. The fourth-order valence-corrected chi connectivity index (χ4v) is 4.26. The number of nitrogens with zero attached hydrogens (tertiary/aromatic N) is 1. The van der Waals surface area contributed by atoms with Gasteiger partial charge in [0.1, 0.15) is 23.7 Å². The van der Waals surface area contributed by atoms with Gasteiger partial charge in [-0.3, -0.25) is 14.6 Å². The number of para-hydroxylation sites is 1. The second-order valence-electron chi connectivity index (χ2n) is 8.22. The van der Waals surface area contributed by atoms with Crippen molar-refractivity contribution >= 4 is 18.0 Å². The molecule has 0 radical (unpaired) electrons. The van der Waals surface area contributed by atoms with Crippen molar-refractivity contribution in [1.82, 2.24) is 10.6 Å². The molecule has 170 valence electrons. The summed E-state index contributed by atoms with van der Waals surface area (Å²) in [6, 6.07) is 15.9. The quantitative estimate of drug-likeness (QED) is 0.709. The molecule has 0 spiro atoms. The summed E-state index contributed by atoms with van der Waals surface area (Å²) in [4.78, 5) is 29.5. The highest BCUT2D eigenvalue weighted by Gasteiger charge is 2.48. The maximum absolute atomic E-state index is 12.9. The zero-order valence-electron chi connectivity index (χ0n) is 18.0. The van der Waals surface area contributed by atoms with Gasteiger partial charge in [-0.15, -0.1) is 0 Å². The second kappa shape index (κ2) is 9.56. The number of nitrogens with one attached hydrogen (secondary N) is 2. The number of rotatable bonds is 6. The average molecular weight is 447 g/mol. The summed E-state index contributed by atoms with van der Waals surface area (Å²) in [7, 11) is 0. The molecule has 3 aliphatic heterocycles. The molecule has 5 rings (SSSR count).